The first-order chi connectivity index (χ1) is 5.66. The Bertz CT molecular complexity index is 297. The van der Waals surface area contributed by atoms with Crippen molar-refractivity contribution in [3.05, 3.63) is 33.8 Å². The molecule has 0 saturated heterocycles. The lowest BCUT2D eigenvalue weighted by Gasteiger charge is -2.02. The van der Waals surface area contributed by atoms with E-state index in [9.17, 15) is 4.79 Å². The summed E-state index contributed by atoms with van der Waals surface area (Å²) in [6, 6.07) is 4.89. The molecule has 0 aliphatic rings. The molecule has 0 bridgehead atoms. The predicted octanol–water partition coefficient (Wildman–Crippen LogP) is 2.71. The fourth-order valence-electron chi connectivity index (χ4n) is 0.866. The molecule has 0 heterocycles. The summed E-state index contributed by atoms with van der Waals surface area (Å²) in [6.45, 7) is -0.0799. The first kappa shape index (κ1) is 12.9. The number of carbonyl (C=O) groups is 1. The van der Waals surface area contributed by atoms with Gasteiger partial charge in [0, 0.05) is 0 Å². The van der Waals surface area contributed by atoms with Crippen LogP contribution in [0.2, 0.25) is 10.0 Å². The van der Waals surface area contributed by atoms with Crippen molar-refractivity contribution in [1.29, 1.82) is 0 Å². The summed E-state index contributed by atoms with van der Waals surface area (Å²) in [5, 5.41) is 0.691. The van der Waals surface area contributed by atoms with Gasteiger partial charge in [-0.15, -0.1) is 17.0 Å². The Labute approximate surface area is 96.8 Å². The topological polar surface area (TPSA) is 43.1 Å². The van der Waals surface area contributed by atoms with Gasteiger partial charge in [-0.1, -0.05) is 29.3 Å². The second kappa shape index (κ2) is 5.60. The molecular weight excluding hydrogens is 277 g/mol. The maximum atomic E-state index is 11.2. The van der Waals surface area contributed by atoms with Crippen LogP contribution in [0.5, 0.6) is 0 Å². The van der Waals surface area contributed by atoms with Crippen LogP contribution in [0.1, 0.15) is 10.4 Å². The van der Waals surface area contributed by atoms with Gasteiger partial charge in [-0.05, 0) is 12.1 Å². The fraction of sp³-hybridized carbons (Fsp3) is 0.125. The smallest absolute Gasteiger partial charge is 0.179 e. The van der Waals surface area contributed by atoms with Crippen molar-refractivity contribution in [1.82, 2.24) is 0 Å². The molecule has 0 aliphatic carbocycles. The Balaban J connectivity index is 0.00000144. The van der Waals surface area contributed by atoms with Crippen molar-refractivity contribution < 1.29 is 4.79 Å². The van der Waals surface area contributed by atoms with E-state index in [1.54, 1.807) is 18.2 Å². The number of halogens is 3. The van der Waals surface area contributed by atoms with E-state index in [0.717, 1.165) is 0 Å². The number of Topliss-reactive ketones (excluding diaryl/α,β-unsaturated/α-hetero) is 1. The number of benzene rings is 1. The molecule has 0 saturated carbocycles. The second-order valence-electron chi connectivity index (χ2n) is 2.22. The molecule has 72 valence electrons. The van der Waals surface area contributed by atoms with Gasteiger partial charge in [0.1, 0.15) is 0 Å². The van der Waals surface area contributed by atoms with Gasteiger partial charge in [0.15, 0.2) is 5.78 Å². The van der Waals surface area contributed by atoms with Crippen LogP contribution in [-0.4, -0.2) is 12.3 Å². The highest BCUT2D eigenvalue weighted by molar-refractivity contribution is 8.93. The van der Waals surface area contributed by atoms with Gasteiger partial charge in [0.2, 0.25) is 0 Å². The van der Waals surface area contributed by atoms with E-state index in [1.807, 2.05) is 0 Å². The average molecular weight is 285 g/mol. The van der Waals surface area contributed by atoms with Gasteiger partial charge in [-0.3, -0.25) is 4.79 Å². The summed E-state index contributed by atoms with van der Waals surface area (Å²) in [4.78, 5) is 11.2. The Morgan fingerprint density at radius 1 is 1.31 bits per heavy atom. The number of nitrogens with two attached hydrogens (primary N) is 1. The molecule has 2 nitrogen and oxygen atoms in total. The van der Waals surface area contributed by atoms with Crippen molar-refractivity contribution in [3.8, 4) is 0 Å². The summed E-state index contributed by atoms with van der Waals surface area (Å²) >= 11 is 11.5. The van der Waals surface area contributed by atoms with Gasteiger partial charge in [0.25, 0.3) is 0 Å². The number of ketones is 1. The van der Waals surface area contributed by atoms with E-state index < -0.39 is 0 Å². The van der Waals surface area contributed by atoms with Crippen molar-refractivity contribution in [2.45, 2.75) is 0 Å². The summed E-state index contributed by atoms with van der Waals surface area (Å²) in [5.41, 5.74) is 5.48. The zero-order valence-electron chi connectivity index (χ0n) is 6.59. The largest absolute Gasteiger partial charge is 0.324 e. The lowest BCUT2D eigenvalue weighted by Crippen LogP contribution is -2.14. The molecule has 0 atom stereocenters. The van der Waals surface area contributed by atoms with E-state index in [4.69, 9.17) is 28.9 Å². The van der Waals surface area contributed by atoms with E-state index in [0.29, 0.717) is 15.6 Å². The van der Waals surface area contributed by atoms with Gasteiger partial charge in [0.05, 0.1) is 22.2 Å². The second-order valence-corrected chi connectivity index (χ2v) is 3.04. The molecule has 0 fully saturated rings. The minimum Gasteiger partial charge on any atom is -0.324 e. The zero-order chi connectivity index (χ0) is 9.14. The normalized spacial score (nSPS) is 9.15. The first-order valence-electron chi connectivity index (χ1n) is 3.34. The quantitative estimate of drug-likeness (QED) is 0.849. The number of hydrogen-bond acceptors (Lipinski definition) is 2. The van der Waals surface area contributed by atoms with Gasteiger partial charge >= 0.3 is 0 Å². The Hall–Kier alpha value is -0.0900. The van der Waals surface area contributed by atoms with Crippen molar-refractivity contribution in [2.75, 3.05) is 6.54 Å². The summed E-state index contributed by atoms with van der Waals surface area (Å²) in [7, 11) is 0. The van der Waals surface area contributed by atoms with E-state index in [2.05, 4.69) is 0 Å². The van der Waals surface area contributed by atoms with Crippen LogP contribution in [0.4, 0.5) is 0 Å². The molecule has 2 N–H and O–H groups in total. The average Bonchev–Trinajstić information content (AvgIpc) is 2.03. The van der Waals surface area contributed by atoms with Gasteiger partial charge in [-0.2, -0.15) is 0 Å². The van der Waals surface area contributed by atoms with E-state index in [-0.39, 0.29) is 29.3 Å². The lowest BCUT2D eigenvalue weighted by molar-refractivity contribution is 0.100. The van der Waals surface area contributed by atoms with Crippen LogP contribution in [0.15, 0.2) is 18.2 Å². The highest BCUT2D eigenvalue weighted by Gasteiger charge is 2.11. The maximum Gasteiger partial charge on any atom is 0.179 e. The van der Waals surface area contributed by atoms with Crippen LogP contribution < -0.4 is 5.73 Å². The van der Waals surface area contributed by atoms with Gasteiger partial charge in [-0.25, -0.2) is 0 Å². The Morgan fingerprint density at radius 3 is 2.15 bits per heavy atom. The number of hydrogen-bond donors (Lipinski definition) is 1. The third-order valence-electron chi connectivity index (χ3n) is 1.43. The third kappa shape index (κ3) is 2.95. The maximum absolute atomic E-state index is 11.2. The Morgan fingerprint density at radius 2 is 1.77 bits per heavy atom. The van der Waals surface area contributed by atoms with Crippen molar-refractivity contribution in [2.24, 2.45) is 5.73 Å². The Kier molecular flexibility index (Phi) is 5.56. The highest BCUT2D eigenvalue weighted by atomic mass is 79.9. The molecule has 1 rings (SSSR count). The van der Waals surface area contributed by atoms with Crippen LogP contribution in [0.3, 0.4) is 0 Å². The summed E-state index contributed by atoms with van der Waals surface area (Å²) < 4.78 is 0. The van der Waals surface area contributed by atoms with E-state index in [1.165, 1.54) is 0 Å². The predicted molar refractivity (Wildman–Crippen MR) is 60.2 cm³/mol. The lowest BCUT2D eigenvalue weighted by atomic mass is 10.1. The minimum atomic E-state index is -0.245. The monoisotopic (exact) mass is 283 g/mol. The molecular formula is C8H8BrCl2NO. The molecule has 5 heteroatoms. The zero-order valence-corrected chi connectivity index (χ0v) is 9.81. The van der Waals surface area contributed by atoms with Crippen molar-refractivity contribution >= 4 is 46.0 Å². The molecule has 1 aromatic rings. The molecule has 0 radical (unpaired) electrons. The molecule has 0 unspecified atom stereocenters. The summed E-state index contributed by atoms with van der Waals surface area (Å²) in [6.07, 6.45) is 0. The molecule has 0 aromatic heterocycles. The number of rotatable bonds is 2. The molecule has 0 aliphatic heterocycles. The third-order valence-corrected chi connectivity index (χ3v) is 2.06. The van der Waals surface area contributed by atoms with Crippen LogP contribution in [-0.2, 0) is 0 Å². The molecule has 0 amide bonds. The molecule has 13 heavy (non-hydrogen) atoms. The highest BCUT2D eigenvalue weighted by Crippen LogP contribution is 2.24. The summed E-state index contributed by atoms with van der Waals surface area (Å²) in [5.74, 6) is -0.245. The fourth-order valence-corrected chi connectivity index (χ4v) is 1.47. The first-order valence-corrected chi connectivity index (χ1v) is 4.09. The SMILES string of the molecule is Br.NCC(=O)c1c(Cl)cccc1Cl. The van der Waals surface area contributed by atoms with Crippen LogP contribution in [0.25, 0.3) is 0 Å². The van der Waals surface area contributed by atoms with Gasteiger partial charge < -0.3 is 5.73 Å². The molecule has 0 spiro atoms. The minimum absolute atomic E-state index is 0. The standard InChI is InChI=1S/C8H7Cl2NO.BrH/c9-5-2-1-3-6(10)8(5)7(12)4-11;/h1-3H,4,11H2;1H. The van der Waals surface area contributed by atoms with E-state index >= 15 is 0 Å². The molecule has 1 aromatic carbocycles. The van der Waals surface area contributed by atoms with Crippen LogP contribution >= 0.6 is 40.2 Å². The van der Waals surface area contributed by atoms with Crippen molar-refractivity contribution in [3.63, 3.8) is 0 Å². The van der Waals surface area contributed by atoms with Crippen LogP contribution in [0, 0.1) is 0 Å². The number of carbonyl (C=O) groups excluding carboxylic acids is 1.